The molecule has 1 aromatic rings. The minimum Gasteiger partial charge on any atom is -0.477 e. The van der Waals surface area contributed by atoms with E-state index in [9.17, 15) is 13.2 Å². The van der Waals surface area contributed by atoms with Gasteiger partial charge in [-0.3, -0.25) is 0 Å². The van der Waals surface area contributed by atoms with Crippen molar-refractivity contribution in [3.8, 4) is 0 Å². The maximum absolute atomic E-state index is 12.4. The highest BCUT2D eigenvalue weighted by Crippen LogP contribution is 2.23. The largest absolute Gasteiger partial charge is 0.477 e. The molecule has 1 aromatic heterocycles. The second kappa shape index (κ2) is 5.55. The smallest absolute Gasteiger partial charge is 0.352 e. The van der Waals surface area contributed by atoms with Crippen LogP contribution in [0.5, 0.6) is 0 Å². The molecule has 0 aromatic carbocycles. The fourth-order valence-corrected chi connectivity index (χ4v) is 4.12. The Morgan fingerprint density at radius 1 is 1.25 bits per heavy atom. The highest BCUT2D eigenvalue weighted by molar-refractivity contribution is 7.89. The molecule has 1 aliphatic heterocycles. The van der Waals surface area contributed by atoms with Crippen molar-refractivity contribution >= 4 is 16.0 Å². The summed E-state index contributed by atoms with van der Waals surface area (Å²) in [7, 11) is -3.75. The first-order valence-corrected chi connectivity index (χ1v) is 8.01. The molecule has 2 rings (SSSR count). The first kappa shape index (κ1) is 15.0. The molecule has 2 heterocycles. The molecule has 0 aliphatic carbocycles. The van der Waals surface area contributed by atoms with Gasteiger partial charge < -0.3 is 10.1 Å². The van der Waals surface area contributed by atoms with Gasteiger partial charge in [-0.1, -0.05) is 6.42 Å². The molecular formula is C12H19N3O4S. The normalized spacial score (nSPS) is 17.3. The average Bonchev–Trinajstić information content (AvgIpc) is 2.66. The quantitative estimate of drug-likeness (QED) is 0.770. The van der Waals surface area contributed by atoms with Crippen molar-refractivity contribution in [3.05, 3.63) is 17.0 Å². The number of hydrazine groups is 1. The topological polar surface area (TPSA) is 102 Å². The SMILES string of the molecule is Cc1[nH]c(C(=O)O)c(C)c1S(=O)(=O)NN1CCCCC1. The lowest BCUT2D eigenvalue weighted by atomic mass is 10.2. The van der Waals surface area contributed by atoms with Gasteiger partial charge in [0.15, 0.2) is 0 Å². The Labute approximate surface area is 118 Å². The number of rotatable bonds is 4. The summed E-state index contributed by atoms with van der Waals surface area (Å²) in [6.07, 6.45) is 3.01. The summed E-state index contributed by atoms with van der Waals surface area (Å²) < 4.78 is 24.8. The lowest BCUT2D eigenvalue weighted by Gasteiger charge is -2.26. The Hall–Kier alpha value is -1.38. The molecule has 0 unspecified atom stereocenters. The number of H-pyrrole nitrogens is 1. The number of aromatic nitrogens is 1. The number of aromatic amines is 1. The predicted octanol–water partition coefficient (Wildman–Crippen LogP) is 1.01. The zero-order chi connectivity index (χ0) is 14.9. The van der Waals surface area contributed by atoms with Crippen molar-refractivity contribution in [1.82, 2.24) is 14.8 Å². The fraction of sp³-hybridized carbons (Fsp3) is 0.583. The van der Waals surface area contributed by atoms with E-state index in [0.717, 1.165) is 19.3 Å². The van der Waals surface area contributed by atoms with Crippen LogP contribution in [-0.4, -0.2) is 42.6 Å². The minimum absolute atomic E-state index is 0.0282. The van der Waals surface area contributed by atoms with Crippen LogP contribution in [0.3, 0.4) is 0 Å². The van der Waals surface area contributed by atoms with E-state index >= 15 is 0 Å². The standard InChI is InChI=1S/C12H19N3O4S/c1-8-10(12(16)17)13-9(2)11(8)20(18,19)14-15-6-4-3-5-7-15/h13-14H,3-7H2,1-2H3,(H,16,17). The number of hydrogen-bond donors (Lipinski definition) is 3. The number of aryl methyl sites for hydroxylation is 1. The Morgan fingerprint density at radius 3 is 2.35 bits per heavy atom. The number of nitrogens with zero attached hydrogens (tertiary/aromatic N) is 1. The van der Waals surface area contributed by atoms with Gasteiger partial charge in [-0.15, -0.1) is 4.83 Å². The van der Waals surface area contributed by atoms with Gasteiger partial charge in [0.1, 0.15) is 10.6 Å². The Morgan fingerprint density at radius 2 is 1.85 bits per heavy atom. The van der Waals surface area contributed by atoms with Crippen LogP contribution >= 0.6 is 0 Å². The van der Waals surface area contributed by atoms with E-state index < -0.39 is 16.0 Å². The van der Waals surface area contributed by atoms with Crippen LogP contribution in [0, 0.1) is 13.8 Å². The van der Waals surface area contributed by atoms with E-state index in [1.165, 1.54) is 6.92 Å². The van der Waals surface area contributed by atoms with Crippen LogP contribution in [-0.2, 0) is 10.0 Å². The molecule has 7 nitrogen and oxygen atoms in total. The summed E-state index contributed by atoms with van der Waals surface area (Å²) in [6, 6.07) is 0. The Bertz CT molecular complexity index is 615. The van der Waals surface area contributed by atoms with Crippen molar-refractivity contribution in [2.45, 2.75) is 38.0 Å². The predicted molar refractivity (Wildman–Crippen MR) is 73.0 cm³/mol. The van der Waals surface area contributed by atoms with E-state index in [1.54, 1.807) is 11.9 Å². The van der Waals surface area contributed by atoms with Crippen LogP contribution in [0.4, 0.5) is 0 Å². The van der Waals surface area contributed by atoms with Crippen LogP contribution in [0.15, 0.2) is 4.90 Å². The molecule has 0 saturated carbocycles. The maximum atomic E-state index is 12.4. The van der Waals surface area contributed by atoms with Crippen LogP contribution in [0.2, 0.25) is 0 Å². The van der Waals surface area contributed by atoms with Gasteiger partial charge in [-0.25, -0.2) is 18.2 Å². The number of carboxylic acids is 1. The first-order valence-electron chi connectivity index (χ1n) is 6.53. The van der Waals surface area contributed by atoms with Gasteiger partial charge >= 0.3 is 5.97 Å². The number of hydrogen-bond acceptors (Lipinski definition) is 4. The van der Waals surface area contributed by atoms with Crippen LogP contribution in [0.25, 0.3) is 0 Å². The van der Waals surface area contributed by atoms with Crippen molar-refractivity contribution in [2.75, 3.05) is 13.1 Å². The second-order valence-electron chi connectivity index (χ2n) is 5.03. The fourth-order valence-electron chi connectivity index (χ4n) is 2.55. The van der Waals surface area contributed by atoms with Crippen LogP contribution in [0.1, 0.15) is 41.0 Å². The number of carboxylic acid groups (broad SMARTS) is 1. The average molecular weight is 301 g/mol. The summed E-state index contributed by atoms with van der Waals surface area (Å²) in [5, 5.41) is 10.7. The van der Waals surface area contributed by atoms with E-state index in [-0.39, 0.29) is 16.2 Å². The van der Waals surface area contributed by atoms with Crippen molar-refractivity contribution in [3.63, 3.8) is 0 Å². The van der Waals surface area contributed by atoms with Crippen LogP contribution < -0.4 is 4.83 Å². The third-order valence-corrected chi connectivity index (χ3v) is 5.11. The van der Waals surface area contributed by atoms with Crippen molar-refractivity contribution < 1.29 is 18.3 Å². The monoisotopic (exact) mass is 301 g/mol. The van der Waals surface area contributed by atoms with E-state index in [0.29, 0.717) is 18.8 Å². The summed E-state index contributed by atoms with van der Waals surface area (Å²) in [4.78, 5) is 16.2. The Kier molecular flexibility index (Phi) is 4.17. The number of nitrogens with one attached hydrogen (secondary N) is 2. The van der Waals surface area contributed by atoms with Gasteiger partial charge in [-0.05, 0) is 26.7 Å². The minimum atomic E-state index is -3.75. The third kappa shape index (κ3) is 2.87. The summed E-state index contributed by atoms with van der Waals surface area (Å²) in [6.45, 7) is 4.41. The third-order valence-electron chi connectivity index (χ3n) is 3.46. The molecule has 1 aliphatic rings. The second-order valence-corrected chi connectivity index (χ2v) is 6.62. The van der Waals surface area contributed by atoms with E-state index in [1.807, 2.05) is 0 Å². The summed E-state index contributed by atoms with van der Waals surface area (Å²) in [5.74, 6) is -1.16. The molecule has 0 amide bonds. The number of aromatic carboxylic acids is 1. The Balaban J connectivity index is 2.31. The maximum Gasteiger partial charge on any atom is 0.352 e. The summed E-state index contributed by atoms with van der Waals surface area (Å²) in [5.41, 5.74) is 0.491. The van der Waals surface area contributed by atoms with Gasteiger partial charge in [0.25, 0.3) is 10.0 Å². The molecule has 0 radical (unpaired) electrons. The molecule has 1 fully saturated rings. The summed E-state index contributed by atoms with van der Waals surface area (Å²) >= 11 is 0. The number of carbonyl (C=O) groups is 1. The highest BCUT2D eigenvalue weighted by atomic mass is 32.2. The number of piperidine rings is 1. The molecule has 112 valence electrons. The van der Waals surface area contributed by atoms with Gasteiger partial charge in [0.05, 0.1) is 0 Å². The highest BCUT2D eigenvalue weighted by Gasteiger charge is 2.28. The molecule has 0 atom stereocenters. The van der Waals surface area contributed by atoms with Crippen molar-refractivity contribution in [1.29, 1.82) is 0 Å². The molecular weight excluding hydrogens is 282 g/mol. The first-order chi connectivity index (χ1) is 9.33. The zero-order valence-electron chi connectivity index (χ0n) is 11.6. The van der Waals surface area contributed by atoms with E-state index in [2.05, 4.69) is 9.82 Å². The van der Waals surface area contributed by atoms with E-state index in [4.69, 9.17) is 5.11 Å². The molecule has 3 N–H and O–H groups in total. The van der Waals surface area contributed by atoms with Crippen molar-refractivity contribution in [2.24, 2.45) is 0 Å². The zero-order valence-corrected chi connectivity index (χ0v) is 12.4. The van der Waals surface area contributed by atoms with Gasteiger partial charge in [0, 0.05) is 24.3 Å². The molecule has 0 spiro atoms. The molecule has 8 heteroatoms. The molecule has 20 heavy (non-hydrogen) atoms. The molecule has 1 saturated heterocycles. The molecule has 0 bridgehead atoms. The number of sulfonamides is 1. The lowest BCUT2D eigenvalue weighted by molar-refractivity contribution is 0.0690. The van der Waals surface area contributed by atoms with Gasteiger partial charge in [0.2, 0.25) is 0 Å². The lowest BCUT2D eigenvalue weighted by Crippen LogP contribution is -2.45. The van der Waals surface area contributed by atoms with Gasteiger partial charge in [-0.2, -0.15) is 0 Å².